The van der Waals surface area contributed by atoms with Crippen LogP contribution in [0.15, 0.2) is 0 Å². The number of hydrogen-bond donors (Lipinski definition) is 2. The molecule has 0 aliphatic rings. The highest BCUT2D eigenvalue weighted by Crippen LogP contribution is 2.16. The molecule has 3 nitrogen and oxygen atoms in total. The molecule has 0 heterocycles. The topological polar surface area (TPSA) is 55.1 Å². The molecule has 4 heteroatoms. The summed E-state index contributed by atoms with van der Waals surface area (Å²) in [5.74, 6) is 0.569. The summed E-state index contributed by atoms with van der Waals surface area (Å²) in [6.07, 6.45) is 2.09. The Bertz CT molecular complexity index is 262. The van der Waals surface area contributed by atoms with Crippen LogP contribution >= 0.6 is 12.2 Å². The molecule has 0 aromatic carbocycles. The number of carbonyl (C=O) groups is 1. The van der Waals surface area contributed by atoms with Gasteiger partial charge in [-0.15, -0.1) is 0 Å². The van der Waals surface area contributed by atoms with Crippen LogP contribution in [0.5, 0.6) is 0 Å². The van der Waals surface area contributed by atoms with E-state index in [0.29, 0.717) is 5.92 Å². The number of nitrogens with two attached hydrogens (primary N) is 1. The van der Waals surface area contributed by atoms with Gasteiger partial charge < -0.3 is 11.1 Å². The Morgan fingerprint density at radius 1 is 1.31 bits per heavy atom. The predicted molar refractivity (Wildman–Crippen MR) is 72.2 cm³/mol. The number of nitrogens with one attached hydrogen (secondary N) is 1. The molecule has 0 rings (SSSR count). The maximum atomic E-state index is 11.9. The van der Waals surface area contributed by atoms with Gasteiger partial charge in [-0.1, -0.05) is 26.1 Å². The molecule has 0 aromatic rings. The lowest BCUT2D eigenvalue weighted by Gasteiger charge is -2.25. The normalized spacial score (nSPS) is 13.6. The van der Waals surface area contributed by atoms with Gasteiger partial charge in [-0.25, -0.2) is 0 Å². The fourth-order valence-corrected chi connectivity index (χ4v) is 1.26. The van der Waals surface area contributed by atoms with E-state index in [1.165, 1.54) is 0 Å². The molecule has 3 N–H and O–H groups in total. The zero-order valence-corrected chi connectivity index (χ0v) is 11.8. The molecule has 1 unspecified atom stereocenters. The fraction of sp³-hybridized carbons (Fsp3) is 0.833. The Labute approximate surface area is 104 Å². The van der Waals surface area contributed by atoms with E-state index >= 15 is 0 Å². The molecule has 0 aromatic heterocycles. The van der Waals surface area contributed by atoms with E-state index in [4.69, 9.17) is 18.0 Å². The van der Waals surface area contributed by atoms with E-state index < -0.39 is 5.41 Å². The molecular weight excluding hydrogens is 220 g/mol. The zero-order chi connectivity index (χ0) is 12.9. The van der Waals surface area contributed by atoms with Crippen LogP contribution in [-0.4, -0.2) is 16.9 Å². The maximum Gasteiger partial charge on any atom is 0.232 e. The van der Waals surface area contributed by atoms with Crippen molar-refractivity contribution in [1.29, 1.82) is 0 Å². The van der Waals surface area contributed by atoms with Crippen LogP contribution in [0.1, 0.15) is 47.5 Å². The van der Waals surface area contributed by atoms with Crippen molar-refractivity contribution in [1.82, 2.24) is 5.32 Å². The number of carbonyl (C=O) groups excluding carboxylic acids is 1. The Balaban J connectivity index is 4.19. The molecule has 0 radical (unpaired) electrons. The highest BCUT2D eigenvalue weighted by atomic mass is 32.1. The summed E-state index contributed by atoms with van der Waals surface area (Å²) >= 11 is 4.88. The molecule has 1 atom stereocenters. The average Bonchev–Trinajstić information content (AvgIpc) is 2.14. The minimum absolute atomic E-state index is 0.0868. The summed E-state index contributed by atoms with van der Waals surface area (Å²) < 4.78 is 0. The van der Waals surface area contributed by atoms with Crippen LogP contribution in [0.3, 0.4) is 0 Å². The highest BCUT2D eigenvalue weighted by molar-refractivity contribution is 7.80. The van der Waals surface area contributed by atoms with Crippen LogP contribution < -0.4 is 11.1 Å². The van der Waals surface area contributed by atoms with Gasteiger partial charge in [-0.2, -0.15) is 0 Å². The lowest BCUT2D eigenvalue weighted by atomic mass is 9.91. The summed E-state index contributed by atoms with van der Waals surface area (Å²) in [4.78, 5) is 12.1. The molecule has 16 heavy (non-hydrogen) atoms. The van der Waals surface area contributed by atoms with Gasteiger partial charge >= 0.3 is 0 Å². The van der Waals surface area contributed by atoms with Crippen LogP contribution in [0.25, 0.3) is 0 Å². The van der Waals surface area contributed by atoms with E-state index in [9.17, 15) is 4.79 Å². The molecule has 0 saturated heterocycles. The Kier molecular flexibility index (Phi) is 5.94. The van der Waals surface area contributed by atoms with Crippen molar-refractivity contribution in [3.63, 3.8) is 0 Å². The van der Waals surface area contributed by atoms with E-state index in [1.807, 2.05) is 6.92 Å². The third-order valence-electron chi connectivity index (χ3n) is 2.74. The number of hydrogen-bond acceptors (Lipinski definition) is 2. The smallest absolute Gasteiger partial charge is 0.232 e. The molecule has 0 aliphatic carbocycles. The standard InChI is InChI=1S/C12H24N2OS/c1-8(2)6-7-9(3)14-11(15)12(4,5)10(13)16/h8-9H,6-7H2,1-5H3,(H2,13,16)(H,14,15). The third kappa shape index (κ3) is 4.92. The summed E-state index contributed by atoms with van der Waals surface area (Å²) in [6.45, 7) is 9.86. The molecule has 0 bridgehead atoms. The lowest BCUT2D eigenvalue weighted by molar-refractivity contribution is -0.126. The Morgan fingerprint density at radius 3 is 2.19 bits per heavy atom. The van der Waals surface area contributed by atoms with Crippen LogP contribution in [0.4, 0.5) is 0 Å². The number of thiocarbonyl (C=S) groups is 1. The SMILES string of the molecule is CC(C)CCC(C)NC(=O)C(C)(C)C(N)=S. The maximum absolute atomic E-state index is 11.9. The van der Waals surface area contributed by atoms with Gasteiger partial charge in [-0.3, -0.25) is 4.79 Å². The second kappa shape index (κ2) is 6.18. The molecular formula is C12H24N2OS. The van der Waals surface area contributed by atoms with Gasteiger partial charge in [0.15, 0.2) is 0 Å². The third-order valence-corrected chi connectivity index (χ3v) is 3.25. The van der Waals surface area contributed by atoms with Gasteiger partial charge in [0.25, 0.3) is 0 Å². The molecule has 1 amide bonds. The summed E-state index contributed by atoms with van der Waals surface area (Å²) in [5, 5.41) is 2.95. The molecule has 0 spiro atoms. The summed E-state index contributed by atoms with van der Waals surface area (Å²) in [7, 11) is 0. The van der Waals surface area contributed by atoms with Crippen molar-refractivity contribution in [2.24, 2.45) is 17.1 Å². The van der Waals surface area contributed by atoms with Crippen molar-refractivity contribution >= 4 is 23.1 Å². The number of rotatable bonds is 6. The first-order valence-corrected chi connectivity index (χ1v) is 6.19. The molecule has 0 fully saturated rings. The van der Waals surface area contributed by atoms with Crippen molar-refractivity contribution in [3.8, 4) is 0 Å². The first-order chi connectivity index (χ1) is 7.17. The van der Waals surface area contributed by atoms with Crippen LogP contribution in [0, 0.1) is 11.3 Å². The predicted octanol–water partition coefficient (Wildman–Crippen LogP) is 2.24. The average molecular weight is 244 g/mol. The van der Waals surface area contributed by atoms with Crippen LogP contribution in [0.2, 0.25) is 0 Å². The second-order valence-corrected chi connectivity index (χ2v) is 5.77. The van der Waals surface area contributed by atoms with Crippen molar-refractivity contribution in [3.05, 3.63) is 0 Å². The fourth-order valence-electron chi connectivity index (χ4n) is 1.17. The molecule has 0 aliphatic heterocycles. The van der Waals surface area contributed by atoms with E-state index in [0.717, 1.165) is 12.8 Å². The summed E-state index contributed by atoms with van der Waals surface area (Å²) in [6, 6.07) is 0.170. The van der Waals surface area contributed by atoms with E-state index in [1.54, 1.807) is 13.8 Å². The van der Waals surface area contributed by atoms with Gasteiger partial charge in [0.05, 0.1) is 10.4 Å². The van der Waals surface area contributed by atoms with E-state index in [-0.39, 0.29) is 16.9 Å². The molecule has 0 saturated carbocycles. The minimum atomic E-state index is -0.762. The Morgan fingerprint density at radius 2 is 1.81 bits per heavy atom. The van der Waals surface area contributed by atoms with Crippen LogP contribution in [-0.2, 0) is 4.79 Å². The van der Waals surface area contributed by atoms with Gasteiger partial charge in [-0.05, 0) is 39.5 Å². The first-order valence-electron chi connectivity index (χ1n) is 5.78. The van der Waals surface area contributed by atoms with Gasteiger partial charge in [0, 0.05) is 6.04 Å². The first kappa shape index (κ1) is 15.4. The van der Waals surface area contributed by atoms with Crippen molar-refractivity contribution in [2.45, 2.75) is 53.5 Å². The largest absolute Gasteiger partial charge is 0.392 e. The van der Waals surface area contributed by atoms with Crippen molar-refractivity contribution in [2.75, 3.05) is 0 Å². The quantitative estimate of drug-likeness (QED) is 0.705. The van der Waals surface area contributed by atoms with Gasteiger partial charge in [0.2, 0.25) is 5.91 Å². The second-order valence-electron chi connectivity index (χ2n) is 5.33. The summed E-state index contributed by atoms with van der Waals surface area (Å²) in [5.41, 5.74) is 4.78. The lowest BCUT2D eigenvalue weighted by Crippen LogP contribution is -2.47. The van der Waals surface area contributed by atoms with E-state index in [2.05, 4.69) is 19.2 Å². The number of amides is 1. The monoisotopic (exact) mass is 244 g/mol. The zero-order valence-electron chi connectivity index (χ0n) is 11.0. The van der Waals surface area contributed by atoms with Gasteiger partial charge in [0.1, 0.15) is 0 Å². The highest BCUT2D eigenvalue weighted by Gasteiger charge is 2.31. The molecule has 94 valence electrons. The van der Waals surface area contributed by atoms with Crippen molar-refractivity contribution < 1.29 is 4.79 Å². The minimum Gasteiger partial charge on any atom is -0.392 e. The Hall–Kier alpha value is -0.640.